The van der Waals surface area contributed by atoms with E-state index >= 15 is 0 Å². The standard InChI is InChI=1S/C14H16O3/c1-17-11-8-6-10(7-9-11)14(16)12-4-2-3-5-13(12)15/h6-9,12H,2-5H2,1H3/i13+1. The van der Waals surface area contributed by atoms with Gasteiger partial charge in [-0.2, -0.15) is 0 Å². The van der Waals surface area contributed by atoms with Crippen LogP contribution in [0.25, 0.3) is 0 Å². The number of hydrogen-bond donors (Lipinski definition) is 0. The fraction of sp³-hybridized carbons (Fsp3) is 0.429. The number of carbonyl (C=O) groups excluding carboxylic acids is 2. The van der Waals surface area contributed by atoms with Crippen LogP contribution in [0.15, 0.2) is 24.3 Å². The second-order valence-corrected chi connectivity index (χ2v) is 4.36. The Hall–Kier alpha value is -1.64. The minimum Gasteiger partial charge on any atom is -0.497 e. The summed E-state index contributed by atoms with van der Waals surface area (Å²) in [6, 6.07) is 6.95. The number of ketones is 2. The van der Waals surface area contributed by atoms with E-state index in [-0.39, 0.29) is 11.6 Å². The van der Waals surface area contributed by atoms with Gasteiger partial charge in [-0.05, 0) is 37.1 Å². The number of Topliss-reactive ketones (excluding diaryl/α,β-unsaturated/α-hetero) is 2. The predicted octanol–water partition coefficient (Wildman–Crippen LogP) is 2.64. The van der Waals surface area contributed by atoms with Gasteiger partial charge in [-0.15, -0.1) is 0 Å². The van der Waals surface area contributed by atoms with E-state index in [2.05, 4.69) is 0 Å². The van der Waals surface area contributed by atoms with Crippen LogP contribution in [0.2, 0.25) is 0 Å². The van der Waals surface area contributed by atoms with Crippen molar-refractivity contribution in [1.82, 2.24) is 0 Å². The fourth-order valence-electron chi connectivity index (χ4n) is 2.22. The third-order valence-electron chi connectivity index (χ3n) is 3.25. The van der Waals surface area contributed by atoms with Crippen molar-refractivity contribution >= 4 is 11.6 Å². The number of hydrogen-bond acceptors (Lipinski definition) is 3. The SMILES string of the molecule is COc1ccc(C(=O)C2CCCC[13C]2=O)cc1. The van der Waals surface area contributed by atoms with E-state index in [9.17, 15) is 9.59 Å². The second-order valence-electron chi connectivity index (χ2n) is 4.36. The molecule has 0 spiro atoms. The molecule has 0 aliphatic heterocycles. The molecule has 3 heteroatoms. The van der Waals surface area contributed by atoms with E-state index in [1.54, 1.807) is 31.4 Å². The first-order chi connectivity index (χ1) is 8.22. The first-order valence-electron chi connectivity index (χ1n) is 5.93. The third kappa shape index (κ3) is 2.54. The smallest absolute Gasteiger partial charge is 0.173 e. The van der Waals surface area contributed by atoms with Crippen molar-refractivity contribution in [2.75, 3.05) is 7.11 Å². The van der Waals surface area contributed by atoms with Gasteiger partial charge in [0.1, 0.15) is 11.5 Å². The molecule has 1 aliphatic carbocycles. The molecule has 0 bridgehead atoms. The van der Waals surface area contributed by atoms with Gasteiger partial charge in [-0.1, -0.05) is 6.42 Å². The first-order valence-corrected chi connectivity index (χ1v) is 5.93. The van der Waals surface area contributed by atoms with Crippen LogP contribution in [-0.4, -0.2) is 18.7 Å². The molecular weight excluding hydrogens is 217 g/mol. The molecule has 90 valence electrons. The molecule has 0 saturated heterocycles. The molecule has 0 N–H and O–H groups in total. The lowest BCUT2D eigenvalue weighted by Crippen LogP contribution is -2.27. The Morgan fingerprint density at radius 3 is 2.53 bits per heavy atom. The molecule has 0 aromatic heterocycles. The zero-order valence-corrected chi connectivity index (χ0v) is 9.94. The number of rotatable bonds is 3. The Labute approximate surface area is 101 Å². The highest BCUT2D eigenvalue weighted by Crippen LogP contribution is 2.25. The molecule has 1 aromatic rings. The maximum atomic E-state index is 12.1. The van der Waals surface area contributed by atoms with Crippen LogP contribution < -0.4 is 4.74 Å². The van der Waals surface area contributed by atoms with E-state index in [0.717, 1.165) is 18.6 Å². The lowest BCUT2D eigenvalue weighted by Gasteiger charge is -2.19. The Balaban J connectivity index is 2.15. The minimum absolute atomic E-state index is 0.0441. The van der Waals surface area contributed by atoms with Gasteiger partial charge in [0.15, 0.2) is 5.78 Å². The Morgan fingerprint density at radius 1 is 1.24 bits per heavy atom. The average molecular weight is 233 g/mol. The van der Waals surface area contributed by atoms with Gasteiger partial charge in [0.25, 0.3) is 0 Å². The van der Waals surface area contributed by atoms with Crippen LogP contribution in [0.1, 0.15) is 36.0 Å². The van der Waals surface area contributed by atoms with Crippen LogP contribution in [0.4, 0.5) is 0 Å². The average Bonchev–Trinajstić information content (AvgIpc) is 2.39. The van der Waals surface area contributed by atoms with E-state index in [1.165, 1.54) is 0 Å². The summed E-state index contributed by atoms with van der Waals surface area (Å²) in [7, 11) is 1.58. The summed E-state index contributed by atoms with van der Waals surface area (Å²) >= 11 is 0. The lowest BCUT2D eigenvalue weighted by atomic mass is 9.92. The van der Waals surface area contributed by atoms with E-state index in [4.69, 9.17) is 4.74 Å². The van der Waals surface area contributed by atoms with Gasteiger partial charge in [0.05, 0.1) is 13.0 Å². The fourth-order valence-corrected chi connectivity index (χ4v) is 2.22. The van der Waals surface area contributed by atoms with Gasteiger partial charge in [-0.3, -0.25) is 9.59 Å². The largest absolute Gasteiger partial charge is 0.497 e. The van der Waals surface area contributed by atoms with Gasteiger partial charge in [0, 0.05) is 12.0 Å². The highest BCUT2D eigenvalue weighted by atomic mass is 16.5. The molecule has 2 rings (SSSR count). The van der Waals surface area contributed by atoms with Gasteiger partial charge >= 0.3 is 0 Å². The van der Waals surface area contributed by atoms with Gasteiger partial charge in [-0.25, -0.2) is 0 Å². The monoisotopic (exact) mass is 233 g/mol. The number of methoxy groups -OCH3 is 1. The summed E-state index contributed by atoms with van der Waals surface area (Å²) in [6.07, 6.45) is 3.14. The van der Waals surface area contributed by atoms with E-state index < -0.39 is 5.92 Å². The molecule has 1 aromatic carbocycles. The molecule has 0 heterocycles. The van der Waals surface area contributed by atoms with Gasteiger partial charge < -0.3 is 4.74 Å². The maximum absolute atomic E-state index is 12.1. The van der Waals surface area contributed by atoms with Crippen molar-refractivity contribution in [3.8, 4) is 5.75 Å². The highest BCUT2D eigenvalue weighted by molar-refractivity contribution is 6.10. The second kappa shape index (κ2) is 5.13. The van der Waals surface area contributed by atoms with Crippen LogP contribution >= 0.6 is 0 Å². The van der Waals surface area contributed by atoms with E-state index in [1.807, 2.05) is 0 Å². The third-order valence-corrected chi connectivity index (χ3v) is 3.25. The molecule has 1 atom stereocenters. The van der Waals surface area contributed by atoms with Crippen LogP contribution in [0, 0.1) is 5.92 Å². The molecule has 1 unspecified atom stereocenters. The lowest BCUT2D eigenvalue weighted by molar-refractivity contribution is -0.122. The Kier molecular flexibility index (Phi) is 3.57. The first kappa shape index (κ1) is 11.8. The van der Waals surface area contributed by atoms with Crippen molar-refractivity contribution in [3.63, 3.8) is 0 Å². The van der Waals surface area contributed by atoms with Crippen LogP contribution in [0.3, 0.4) is 0 Å². The van der Waals surface area contributed by atoms with Crippen molar-refractivity contribution < 1.29 is 14.3 Å². The van der Waals surface area contributed by atoms with Crippen LogP contribution in [-0.2, 0) is 4.79 Å². The molecule has 17 heavy (non-hydrogen) atoms. The summed E-state index contributed by atoms with van der Waals surface area (Å²) in [5.74, 6) is 0.350. The molecule has 1 aliphatic rings. The number of benzene rings is 1. The van der Waals surface area contributed by atoms with Gasteiger partial charge in [0.2, 0.25) is 0 Å². The zero-order valence-electron chi connectivity index (χ0n) is 9.94. The molecule has 1 fully saturated rings. The normalized spacial score (nSPS) is 20.1. The number of ether oxygens (including phenoxy) is 1. The molecule has 0 radical (unpaired) electrons. The minimum atomic E-state index is -0.419. The molecule has 3 nitrogen and oxygen atoms in total. The van der Waals surface area contributed by atoms with Crippen molar-refractivity contribution in [2.24, 2.45) is 5.92 Å². The summed E-state index contributed by atoms with van der Waals surface area (Å²) in [4.78, 5) is 23.8. The highest BCUT2D eigenvalue weighted by Gasteiger charge is 2.29. The summed E-state index contributed by atoms with van der Waals surface area (Å²) in [5.41, 5.74) is 0.603. The van der Waals surface area contributed by atoms with Crippen molar-refractivity contribution in [1.29, 1.82) is 0 Å². The summed E-state index contributed by atoms with van der Waals surface area (Å²) in [6.45, 7) is 0. The van der Waals surface area contributed by atoms with E-state index in [0.29, 0.717) is 18.4 Å². The van der Waals surface area contributed by atoms with Crippen molar-refractivity contribution in [3.05, 3.63) is 29.8 Å². The van der Waals surface area contributed by atoms with Crippen LogP contribution in [0.5, 0.6) is 5.75 Å². The summed E-state index contributed by atoms with van der Waals surface area (Å²) < 4.78 is 5.04. The maximum Gasteiger partial charge on any atom is 0.173 e. The van der Waals surface area contributed by atoms with Crippen molar-refractivity contribution in [2.45, 2.75) is 25.7 Å². The zero-order chi connectivity index (χ0) is 12.3. The Bertz CT molecular complexity index is 420. The predicted molar refractivity (Wildman–Crippen MR) is 64.3 cm³/mol. The molecule has 1 saturated carbocycles. The topological polar surface area (TPSA) is 43.4 Å². The molecular formula is C14H16O3. The molecule has 0 amide bonds. The quantitative estimate of drug-likeness (QED) is 0.458. The summed E-state index contributed by atoms with van der Waals surface area (Å²) in [5, 5.41) is 0. The number of carbonyl (C=O) groups is 2. The Morgan fingerprint density at radius 2 is 1.94 bits per heavy atom.